The van der Waals surface area contributed by atoms with Crippen LogP contribution in [0.1, 0.15) is 11.1 Å². The lowest BCUT2D eigenvalue weighted by Gasteiger charge is -2.06. The van der Waals surface area contributed by atoms with E-state index in [1.807, 2.05) is 0 Å². The van der Waals surface area contributed by atoms with E-state index >= 15 is 0 Å². The van der Waals surface area contributed by atoms with Gasteiger partial charge in [0.2, 0.25) is 22.4 Å². The minimum Gasteiger partial charge on any atom is -0.282 e. The molecule has 0 saturated carbocycles. The van der Waals surface area contributed by atoms with Crippen molar-refractivity contribution in [2.24, 2.45) is 0 Å². The molecule has 2 aromatic rings. The van der Waals surface area contributed by atoms with Crippen molar-refractivity contribution in [2.45, 2.75) is 9.79 Å². The molecule has 2 aromatic carbocycles. The van der Waals surface area contributed by atoms with E-state index < -0.39 is 30.0 Å². The van der Waals surface area contributed by atoms with Crippen molar-refractivity contribution in [3.63, 3.8) is 0 Å². The maximum atomic E-state index is 11.8. The standard InChI is InChI=1S/C18H14N2O6S4/c1-19(11-27)15-7-5-13(17(9-15)29(21,22)23)3-4-14-6-8-16(20(2)12-28)10-18(14)30(24,25)26/h3-12H,1-2H2/p+2. The van der Waals surface area contributed by atoms with Gasteiger partial charge >= 0.3 is 0 Å². The largest absolute Gasteiger partial charge is 0.295 e. The first-order valence-electron chi connectivity index (χ1n) is 7.89. The molecule has 0 amide bonds. The van der Waals surface area contributed by atoms with Gasteiger partial charge in [-0.25, -0.2) is 0 Å². The van der Waals surface area contributed by atoms with Crippen molar-refractivity contribution < 1.29 is 35.1 Å². The second-order valence-corrected chi connectivity index (χ2v) is 9.08. The van der Waals surface area contributed by atoms with Gasteiger partial charge in [-0.2, -0.15) is 26.0 Å². The van der Waals surface area contributed by atoms with Crippen LogP contribution in [0.2, 0.25) is 0 Å². The zero-order valence-electron chi connectivity index (χ0n) is 15.2. The zero-order valence-corrected chi connectivity index (χ0v) is 18.5. The van der Waals surface area contributed by atoms with Gasteiger partial charge in [0.05, 0.1) is 0 Å². The van der Waals surface area contributed by atoms with E-state index in [4.69, 9.17) is 24.4 Å². The minimum absolute atomic E-state index is 0.0714. The summed E-state index contributed by atoms with van der Waals surface area (Å²) in [4.78, 5) is -0.868. The maximum Gasteiger partial charge on any atom is 0.295 e. The summed E-state index contributed by atoms with van der Waals surface area (Å²) in [5.74, 6) is 0. The Balaban J connectivity index is 2.64. The van der Waals surface area contributed by atoms with Crippen LogP contribution in [0.3, 0.4) is 0 Å². The Morgan fingerprint density at radius 3 is 1.33 bits per heavy atom. The summed E-state index contributed by atoms with van der Waals surface area (Å²) in [7, 11) is -9.23. The van der Waals surface area contributed by atoms with Crippen molar-refractivity contribution in [3.05, 3.63) is 47.5 Å². The summed E-state index contributed by atoms with van der Waals surface area (Å²) in [6, 6.07) is 8.12. The van der Waals surface area contributed by atoms with Gasteiger partial charge in [-0.05, 0) is 47.7 Å². The van der Waals surface area contributed by atoms with Crippen molar-refractivity contribution in [1.82, 2.24) is 0 Å². The van der Waals surface area contributed by atoms with Crippen LogP contribution in [0.15, 0.2) is 46.2 Å². The highest BCUT2D eigenvalue weighted by Crippen LogP contribution is 2.27. The third kappa shape index (κ3) is 5.56. The van der Waals surface area contributed by atoms with Crippen LogP contribution in [0, 0.1) is 0 Å². The van der Waals surface area contributed by atoms with Gasteiger partial charge in [0.15, 0.2) is 0 Å². The van der Waals surface area contributed by atoms with Crippen LogP contribution in [-0.4, -0.2) is 59.5 Å². The van der Waals surface area contributed by atoms with Crippen molar-refractivity contribution in [1.29, 1.82) is 0 Å². The lowest BCUT2D eigenvalue weighted by atomic mass is 10.1. The SMILES string of the molecule is C=[N+](C=S)c1ccc(C=Cc2ccc([N+](=C)C=S)cc2S(=O)(=O)O)c(S(=O)(=O)O)c1. The van der Waals surface area contributed by atoms with Crippen molar-refractivity contribution >= 4 is 92.6 Å². The van der Waals surface area contributed by atoms with E-state index in [1.54, 1.807) is 0 Å². The predicted octanol–water partition coefficient (Wildman–Crippen LogP) is 2.95. The molecular weight excluding hydrogens is 468 g/mol. The molecule has 0 fully saturated rings. The van der Waals surface area contributed by atoms with E-state index in [1.165, 1.54) is 56.6 Å². The fraction of sp³-hybridized carbons (Fsp3) is 0. The smallest absolute Gasteiger partial charge is 0.282 e. The molecule has 30 heavy (non-hydrogen) atoms. The van der Waals surface area contributed by atoms with Gasteiger partial charge in [0, 0.05) is 24.3 Å². The molecule has 0 aromatic heterocycles. The van der Waals surface area contributed by atoms with Crippen molar-refractivity contribution in [3.8, 4) is 0 Å². The molecule has 2 rings (SSSR count). The molecule has 0 aliphatic carbocycles. The molecule has 0 saturated heterocycles. The molecule has 8 nitrogen and oxygen atoms in total. The highest BCUT2D eigenvalue weighted by Gasteiger charge is 2.20. The summed E-state index contributed by atoms with van der Waals surface area (Å²) in [6.45, 7) is 7.21. The molecule has 0 unspecified atom stereocenters. The van der Waals surface area contributed by atoms with E-state index in [0.717, 1.165) is 12.1 Å². The zero-order chi connectivity index (χ0) is 22.7. The van der Waals surface area contributed by atoms with Crippen LogP contribution in [0.5, 0.6) is 0 Å². The second-order valence-electron chi connectivity index (χ2n) is 5.88. The Morgan fingerprint density at radius 1 is 0.733 bits per heavy atom. The highest BCUT2D eigenvalue weighted by atomic mass is 32.2. The third-order valence-corrected chi connectivity index (χ3v) is 6.24. The molecule has 0 bridgehead atoms. The number of benzene rings is 2. The van der Waals surface area contributed by atoms with Crippen LogP contribution in [0.25, 0.3) is 12.2 Å². The second kappa shape index (κ2) is 9.12. The molecule has 0 radical (unpaired) electrons. The Morgan fingerprint density at radius 2 is 1.07 bits per heavy atom. The minimum atomic E-state index is -4.61. The lowest BCUT2D eigenvalue weighted by Crippen LogP contribution is -2.05. The maximum absolute atomic E-state index is 11.8. The number of hydrogen-bond acceptors (Lipinski definition) is 6. The van der Waals surface area contributed by atoms with Gasteiger partial charge in [-0.15, -0.1) is 0 Å². The monoisotopic (exact) mass is 484 g/mol. The average molecular weight is 485 g/mol. The first-order valence-corrected chi connectivity index (χ1v) is 11.7. The predicted molar refractivity (Wildman–Crippen MR) is 123 cm³/mol. The van der Waals surface area contributed by atoms with Gasteiger partial charge < -0.3 is 0 Å². The Bertz CT molecular complexity index is 1210. The van der Waals surface area contributed by atoms with Gasteiger partial charge in [-0.3, -0.25) is 9.11 Å². The third-order valence-electron chi connectivity index (χ3n) is 3.91. The van der Waals surface area contributed by atoms with E-state index in [9.17, 15) is 25.9 Å². The Labute approximate surface area is 184 Å². The van der Waals surface area contributed by atoms with E-state index in [0.29, 0.717) is 11.4 Å². The van der Waals surface area contributed by atoms with Gasteiger partial charge in [0.1, 0.15) is 23.2 Å². The Hall–Kier alpha value is -2.48. The molecule has 0 aliphatic rings. The molecule has 156 valence electrons. The van der Waals surface area contributed by atoms with Crippen LogP contribution in [-0.2, 0) is 20.2 Å². The van der Waals surface area contributed by atoms with Crippen LogP contribution in [0.4, 0.5) is 11.4 Å². The van der Waals surface area contributed by atoms with Crippen LogP contribution < -0.4 is 0 Å². The fourth-order valence-electron chi connectivity index (χ4n) is 2.43. The molecule has 0 atom stereocenters. The highest BCUT2D eigenvalue weighted by molar-refractivity contribution is 7.86. The molecule has 0 aliphatic heterocycles. The number of rotatable bonds is 8. The summed E-state index contributed by atoms with van der Waals surface area (Å²) >= 11 is 9.49. The quantitative estimate of drug-likeness (QED) is 0.193. The first-order chi connectivity index (χ1) is 13.9. The fourth-order valence-corrected chi connectivity index (χ4v) is 4.08. The molecule has 2 N–H and O–H groups in total. The van der Waals surface area contributed by atoms with Crippen LogP contribution >= 0.6 is 24.4 Å². The molecule has 12 heteroatoms. The summed E-state index contributed by atoms with van der Waals surface area (Å²) in [5.41, 5.74) is 3.14. The van der Waals surface area contributed by atoms with E-state index in [2.05, 4.69) is 13.4 Å². The molecule has 0 heterocycles. The summed E-state index contributed by atoms with van der Waals surface area (Å²) in [6.07, 6.45) is 2.56. The lowest BCUT2D eigenvalue weighted by molar-refractivity contribution is -0.279. The number of nitrogens with zero attached hydrogens (tertiary/aromatic N) is 2. The summed E-state index contributed by atoms with van der Waals surface area (Å²) in [5, 5.41) is 0. The normalized spacial score (nSPS) is 11.9. The molecule has 0 spiro atoms. The average Bonchev–Trinajstić information content (AvgIpc) is 2.69. The summed E-state index contributed by atoms with van der Waals surface area (Å²) < 4.78 is 68.7. The van der Waals surface area contributed by atoms with E-state index in [-0.39, 0.29) is 11.1 Å². The Kier molecular flexibility index (Phi) is 7.23. The van der Waals surface area contributed by atoms with Gasteiger partial charge in [0.25, 0.3) is 20.2 Å². The topological polar surface area (TPSA) is 115 Å². The first kappa shape index (κ1) is 23.8. The molecular formula is C18H16N2O6S4+2. The van der Waals surface area contributed by atoms with Gasteiger partial charge in [-0.1, -0.05) is 12.2 Å². The number of hydrogen-bond donors (Lipinski definition) is 2. The van der Waals surface area contributed by atoms with Crippen molar-refractivity contribution in [2.75, 3.05) is 0 Å². The number of thiocarbonyl (C=S) groups is 2.